The number of hydrogen-bond donors (Lipinski definition) is 1. The molecule has 0 radical (unpaired) electrons. The van der Waals surface area contributed by atoms with E-state index in [2.05, 4.69) is 21.5 Å². The van der Waals surface area contributed by atoms with Gasteiger partial charge in [0.25, 0.3) is 0 Å². The smallest absolute Gasteiger partial charge is 0.157 e. The lowest BCUT2D eigenvalue weighted by Gasteiger charge is -2.22. The highest BCUT2D eigenvalue weighted by Gasteiger charge is 2.13. The van der Waals surface area contributed by atoms with Gasteiger partial charge in [0.15, 0.2) is 5.65 Å². The van der Waals surface area contributed by atoms with Gasteiger partial charge in [0.2, 0.25) is 0 Å². The largest absolute Gasteiger partial charge is 0.378 e. The van der Waals surface area contributed by atoms with Gasteiger partial charge in [-0.2, -0.15) is 5.10 Å². The van der Waals surface area contributed by atoms with Gasteiger partial charge in [-0.25, -0.2) is 4.98 Å². The molecule has 0 aliphatic carbocycles. The summed E-state index contributed by atoms with van der Waals surface area (Å²) in [5.41, 5.74) is 3.20. The van der Waals surface area contributed by atoms with E-state index in [1.165, 1.54) is 24.8 Å². The first-order valence-corrected chi connectivity index (χ1v) is 7.84. The topological polar surface area (TPSA) is 52.0 Å². The SMILES string of the molecule is Cc1nn(C)c2ncc(CNCCC3CCCCO3)cc12. The summed E-state index contributed by atoms with van der Waals surface area (Å²) >= 11 is 0. The molecule has 114 valence electrons. The average molecular weight is 288 g/mol. The zero-order chi connectivity index (χ0) is 14.7. The van der Waals surface area contributed by atoms with E-state index in [1.54, 1.807) is 0 Å². The maximum absolute atomic E-state index is 5.74. The van der Waals surface area contributed by atoms with Crippen LogP contribution in [0.25, 0.3) is 11.0 Å². The molecule has 0 amide bonds. The minimum absolute atomic E-state index is 0.451. The Morgan fingerprint density at radius 3 is 3.14 bits per heavy atom. The summed E-state index contributed by atoms with van der Waals surface area (Å²) < 4.78 is 7.58. The highest BCUT2D eigenvalue weighted by Crippen LogP contribution is 2.17. The molecule has 0 aromatic carbocycles. The molecule has 2 aromatic rings. The third kappa shape index (κ3) is 3.41. The lowest BCUT2D eigenvalue weighted by molar-refractivity contribution is 0.0115. The first-order chi connectivity index (χ1) is 10.2. The Morgan fingerprint density at radius 2 is 2.33 bits per heavy atom. The summed E-state index contributed by atoms with van der Waals surface area (Å²) in [5, 5.41) is 9.04. The summed E-state index contributed by atoms with van der Waals surface area (Å²) in [7, 11) is 1.93. The van der Waals surface area contributed by atoms with E-state index in [0.29, 0.717) is 6.10 Å². The second kappa shape index (κ2) is 6.54. The molecule has 5 heteroatoms. The molecule has 1 aliphatic rings. The molecule has 1 fully saturated rings. The van der Waals surface area contributed by atoms with E-state index in [9.17, 15) is 0 Å². The van der Waals surface area contributed by atoms with Crippen LogP contribution in [0.1, 0.15) is 36.9 Å². The molecule has 1 atom stereocenters. The number of nitrogens with one attached hydrogen (secondary N) is 1. The van der Waals surface area contributed by atoms with Gasteiger partial charge in [-0.3, -0.25) is 4.68 Å². The van der Waals surface area contributed by atoms with Crippen LogP contribution in [0.4, 0.5) is 0 Å². The Balaban J connectivity index is 1.52. The highest BCUT2D eigenvalue weighted by molar-refractivity contribution is 5.78. The van der Waals surface area contributed by atoms with Crippen LogP contribution in [0.5, 0.6) is 0 Å². The summed E-state index contributed by atoms with van der Waals surface area (Å²) in [5.74, 6) is 0. The fraction of sp³-hybridized carbons (Fsp3) is 0.625. The lowest BCUT2D eigenvalue weighted by atomic mass is 10.1. The molecule has 0 spiro atoms. The van der Waals surface area contributed by atoms with E-state index in [0.717, 1.165) is 42.8 Å². The van der Waals surface area contributed by atoms with Crippen LogP contribution in [0.2, 0.25) is 0 Å². The van der Waals surface area contributed by atoms with E-state index < -0.39 is 0 Å². The molecule has 3 rings (SSSR count). The number of hydrogen-bond acceptors (Lipinski definition) is 4. The Hall–Kier alpha value is -1.46. The van der Waals surface area contributed by atoms with Crippen molar-refractivity contribution in [1.82, 2.24) is 20.1 Å². The van der Waals surface area contributed by atoms with E-state index in [-0.39, 0.29) is 0 Å². The van der Waals surface area contributed by atoms with Crippen molar-refractivity contribution in [2.24, 2.45) is 7.05 Å². The minimum Gasteiger partial charge on any atom is -0.378 e. The number of fused-ring (bicyclic) bond motifs is 1. The zero-order valence-corrected chi connectivity index (χ0v) is 12.9. The molecule has 3 heterocycles. The fourth-order valence-electron chi connectivity index (χ4n) is 2.98. The lowest BCUT2D eigenvalue weighted by Crippen LogP contribution is -2.25. The maximum atomic E-state index is 5.74. The fourth-order valence-corrected chi connectivity index (χ4v) is 2.98. The third-order valence-corrected chi connectivity index (χ3v) is 4.17. The van der Waals surface area contributed by atoms with Crippen molar-refractivity contribution in [3.8, 4) is 0 Å². The van der Waals surface area contributed by atoms with Gasteiger partial charge in [0.05, 0.1) is 11.8 Å². The minimum atomic E-state index is 0.451. The Labute approximate surface area is 125 Å². The molecule has 1 saturated heterocycles. The van der Waals surface area contributed by atoms with Crippen LogP contribution >= 0.6 is 0 Å². The second-order valence-electron chi connectivity index (χ2n) is 5.88. The van der Waals surface area contributed by atoms with Gasteiger partial charge in [-0.1, -0.05) is 0 Å². The normalized spacial score (nSPS) is 19.2. The maximum Gasteiger partial charge on any atom is 0.157 e. The van der Waals surface area contributed by atoms with Gasteiger partial charge < -0.3 is 10.1 Å². The number of nitrogens with zero attached hydrogens (tertiary/aromatic N) is 3. The van der Waals surface area contributed by atoms with Crippen LogP contribution in [-0.4, -0.2) is 34.0 Å². The Morgan fingerprint density at radius 1 is 1.43 bits per heavy atom. The number of aromatic nitrogens is 3. The highest BCUT2D eigenvalue weighted by atomic mass is 16.5. The zero-order valence-electron chi connectivity index (χ0n) is 12.9. The van der Waals surface area contributed by atoms with Gasteiger partial charge in [0, 0.05) is 31.8 Å². The Bertz CT molecular complexity index is 602. The summed E-state index contributed by atoms with van der Waals surface area (Å²) in [6, 6.07) is 2.19. The molecule has 1 aliphatic heterocycles. The quantitative estimate of drug-likeness (QED) is 0.858. The van der Waals surface area contributed by atoms with Gasteiger partial charge >= 0.3 is 0 Å². The van der Waals surface area contributed by atoms with E-state index in [4.69, 9.17) is 4.74 Å². The van der Waals surface area contributed by atoms with Crippen LogP contribution < -0.4 is 5.32 Å². The van der Waals surface area contributed by atoms with Crippen molar-refractivity contribution < 1.29 is 4.74 Å². The van der Waals surface area contributed by atoms with Crippen LogP contribution in [0.3, 0.4) is 0 Å². The standard InChI is InChI=1S/C16H24N4O/c1-12-15-9-13(11-18-16(15)20(2)19-12)10-17-7-6-14-5-3-4-8-21-14/h9,11,14,17H,3-8,10H2,1-2H3. The number of aryl methyl sites for hydroxylation is 2. The number of ether oxygens (including phenoxy) is 1. The van der Waals surface area contributed by atoms with Crippen molar-refractivity contribution in [1.29, 1.82) is 0 Å². The monoisotopic (exact) mass is 288 g/mol. The predicted molar refractivity (Wildman–Crippen MR) is 83.2 cm³/mol. The number of rotatable bonds is 5. The van der Waals surface area contributed by atoms with Crippen molar-refractivity contribution in [2.45, 2.75) is 45.3 Å². The van der Waals surface area contributed by atoms with Crippen molar-refractivity contribution in [2.75, 3.05) is 13.2 Å². The molecule has 1 N–H and O–H groups in total. The van der Waals surface area contributed by atoms with E-state index >= 15 is 0 Å². The summed E-state index contributed by atoms with van der Waals surface area (Å²) in [4.78, 5) is 4.51. The van der Waals surface area contributed by atoms with E-state index in [1.807, 2.05) is 24.9 Å². The molecule has 5 nitrogen and oxygen atoms in total. The number of pyridine rings is 1. The van der Waals surface area contributed by atoms with Crippen molar-refractivity contribution in [3.63, 3.8) is 0 Å². The average Bonchev–Trinajstić information content (AvgIpc) is 2.79. The van der Waals surface area contributed by atoms with Crippen LogP contribution in [-0.2, 0) is 18.3 Å². The van der Waals surface area contributed by atoms with Crippen LogP contribution in [0.15, 0.2) is 12.3 Å². The molecular formula is C16H24N4O. The molecular weight excluding hydrogens is 264 g/mol. The predicted octanol–water partition coefficient (Wildman–Crippen LogP) is 2.33. The van der Waals surface area contributed by atoms with Crippen molar-refractivity contribution >= 4 is 11.0 Å². The molecule has 1 unspecified atom stereocenters. The molecule has 0 bridgehead atoms. The van der Waals surface area contributed by atoms with Gasteiger partial charge in [-0.05, 0) is 50.8 Å². The third-order valence-electron chi connectivity index (χ3n) is 4.17. The molecule has 0 saturated carbocycles. The summed E-state index contributed by atoms with van der Waals surface area (Å²) in [6.45, 7) is 4.81. The Kier molecular flexibility index (Phi) is 4.51. The first-order valence-electron chi connectivity index (χ1n) is 7.84. The first kappa shape index (κ1) is 14.5. The molecule has 2 aromatic heterocycles. The second-order valence-corrected chi connectivity index (χ2v) is 5.88. The van der Waals surface area contributed by atoms with Crippen molar-refractivity contribution in [3.05, 3.63) is 23.5 Å². The van der Waals surface area contributed by atoms with Crippen LogP contribution in [0, 0.1) is 6.92 Å². The molecule has 21 heavy (non-hydrogen) atoms. The summed E-state index contributed by atoms with van der Waals surface area (Å²) in [6.07, 6.45) is 7.23. The van der Waals surface area contributed by atoms with Gasteiger partial charge in [-0.15, -0.1) is 0 Å². The van der Waals surface area contributed by atoms with Gasteiger partial charge in [0.1, 0.15) is 0 Å².